The average Bonchev–Trinajstić information content (AvgIpc) is 2.82. The first-order chi connectivity index (χ1) is 11.0. The summed E-state index contributed by atoms with van der Waals surface area (Å²) in [6.07, 6.45) is -2.42. The number of sulfonamides is 1. The van der Waals surface area contributed by atoms with Crippen molar-refractivity contribution in [2.75, 3.05) is 16.3 Å². The number of carbonyl (C=O) groups excluding carboxylic acids is 1. The first kappa shape index (κ1) is 17.7. The largest absolute Gasteiger partial charge is 0.416 e. The fraction of sp³-hybridized carbons (Fsp3) is 0.250. The van der Waals surface area contributed by atoms with Crippen LogP contribution in [-0.2, 0) is 27.5 Å². The second-order valence-electron chi connectivity index (χ2n) is 4.80. The van der Waals surface area contributed by atoms with Crippen LogP contribution in [0.3, 0.4) is 0 Å². The Labute approximate surface area is 134 Å². The van der Waals surface area contributed by atoms with E-state index in [1.807, 2.05) is 0 Å². The van der Waals surface area contributed by atoms with Crippen molar-refractivity contribution >= 4 is 27.4 Å². The number of nitrogens with one attached hydrogen (secondary N) is 2. The predicted molar refractivity (Wildman–Crippen MR) is 78.6 cm³/mol. The second kappa shape index (κ2) is 6.47. The highest BCUT2D eigenvalue weighted by Gasteiger charge is 2.30. The number of carbonyl (C=O) groups is 1. The molecule has 0 aliphatic carbocycles. The third-order valence-corrected chi connectivity index (χ3v) is 3.19. The van der Waals surface area contributed by atoms with Gasteiger partial charge in [-0.1, -0.05) is 11.3 Å². The van der Waals surface area contributed by atoms with Crippen molar-refractivity contribution < 1.29 is 26.4 Å². The molecule has 8 nitrogen and oxygen atoms in total. The molecule has 130 valence electrons. The molecule has 24 heavy (non-hydrogen) atoms. The molecule has 0 bridgehead atoms. The Morgan fingerprint density at radius 2 is 2.04 bits per heavy atom. The van der Waals surface area contributed by atoms with E-state index < -0.39 is 27.7 Å². The van der Waals surface area contributed by atoms with Crippen molar-refractivity contribution in [2.45, 2.75) is 12.7 Å². The summed E-state index contributed by atoms with van der Waals surface area (Å²) in [6, 6.07) is 4.17. The molecule has 0 atom stereocenters. The molecule has 12 heteroatoms. The third kappa shape index (κ3) is 5.22. The highest BCUT2D eigenvalue weighted by atomic mass is 32.2. The summed E-state index contributed by atoms with van der Waals surface area (Å²) in [6.45, 7) is -0.352. The number of rotatable bonds is 5. The Hall–Kier alpha value is -2.63. The number of benzene rings is 1. The van der Waals surface area contributed by atoms with Crippen LogP contribution in [0.15, 0.2) is 30.5 Å². The van der Waals surface area contributed by atoms with Gasteiger partial charge in [0, 0.05) is 5.69 Å². The van der Waals surface area contributed by atoms with Gasteiger partial charge in [0.2, 0.25) is 15.9 Å². The molecule has 1 heterocycles. The average molecular weight is 363 g/mol. The van der Waals surface area contributed by atoms with Crippen molar-refractivity contribution in [3.63, 3.8) is 0 Å². The van der Waals surface area contributed by atoms with Gasteiger partial charge in [-0.2, -0.15) is 13.2 Å². The van der Waals surface area contributed by atoms with Crippen molar-refractivity contribution in [1.82, 2.24) is 15.0 Å². The normalized spacial score (nSPS) is 12.0. The molecule has 2 N–H and O–H groups in total. The highest BCUT2D eigenvalue weighted by Crippen LogP contribution is 2.30. The van der Waals surface area contributed by atoms with E-state index in [4.69, 9.17) is 0 Å². The topological polar surface area (TPSA) is 106 Å². The van der Waals surface area contributed by atoms with E-state index in [2.05, 4.69) is 20.4 Å². The monoisotopic (exact) mass is 363 g/mol. The summed E-state index contributed by atoms with van der Waals surface area (Å²) in [7, 11) is -3.53. The van der Waals surface area contributed by atoms with Crippen LogP contribution in [0.5, 0.6) is 0 Å². The van der Waals surface area contributed by atoms with E-state index in [0.717, 1.165) is 23.1 Å². The van der Waals surface area contributed by atoms with Crippen LogP contribution in [0, 0.1) is 0 Å². The highest BCUT2D eigenvalue weighted by molar-refractivity contribution is 7.92. The first-order valence-corrected chi connectivity index (χ1v) is 8.27. The molecule has 0 unspecified atom stereocenters. The van der Waals surface area contributed by atoms with Crippen molar-refractivity contribution in [2.24, 2.45) is 0 Å². The predicted octanol–water partition coefficient (Wildman–Crippen LogP) is 1.31. The lowest BCUT2D eigenvalue weighted by molar-refractivity contribution is -0.137. The minimum Gasteiger partial charge on any atom is -0.324 e. The third-order valence-electron chi connectivity index (χ3n) is 2.61. The lowest BCUT2D eigenvalue weighted by Gasteiger charge is -2.09. The summed E-state index contributed by atoms with van der Waals surface area (Å²) in [5.41, 5.74) is -0.912. The van der Waals surface area contributed by atoms with Gasteiger partial charge in [0.25, 0.3) is 0 Å². The molecule has 0 saturated heterocycles. The Morgan fingerprint density at radius 3 is 2.67 bits per heavy atom. The first-order valence-electron chi connectivity index (χ1n) is 6.38. The number of nitrogens with zero attached hydrogens (tertiary/aromatic N) is 3. The lowest BCUT2D eigenvalue weighted by atomic mass is 10.2. The van der Waals surface area contributed by atoms with Crippen LogP contribution >= 0.6 is 0 Å². The summed E-state index contributed by atoms with van der Waals surface area (Å²) in [5, 5.41) is 9.33. The molecule has 0 aliphatic rings. The Kier molecular flexibility index (Phi) is 4.78. The van der Waals surface area contributed by atoms with E-state index in [1.54, 1.807) is 0 Å². The van der Waals surface area contributed by atoms with Gasteiger partial charge in [0.05, 0.1) is 18.0 Å². The van der Waals surface area contributed by atoms with Crippen LogP contribution in [0.1, 0.15) is 5.56 Å². The van der Waals surface area contributed by atoms with Gasteiger partial charge in [0.15, 0.2) is 5.82 Å². The summed E-state index contributed by atoms with van der Waals surface area (Å²) < 4.78 is 63.0. The van der Waals surface area contributed by atoms with Gasteiger partial charge in [-0.05, 0) is 18.2 Å². The zero-order chi connectivity index (χ0) is 18.0. The lowest BCUT2D eigenvalue weighted by Crippen LogP contribution is -2.19. The van der Waals surface area contributed by atoms with Crippen LogP contribution in [0.25, 0.3) is 0 Å². The number of halogens is 3. The fourth-order valence-electron chi connectivity index (χ4n) is 1.73. The molecule has 1 amide bonds. The van der Waals surface area contributed by atoms with Gasteiger partial charge in [-0.25, -0.2) is 13.1 Å². The van der Waals surface area contributed by atoms with Crippen LogP contribution in [0.2, 0.25) is 0 Å². The number of alkyl halides is 3. The molecule has 0 aliphatic heterocycles. The smallest absolute Gasteiger partial charge is 0.324 e. The Balaban J connectivity index is 2.01. The molecular weight excluding hydrogens is 351 g/mol. The molecule has 1 aromatic heterocycles. The van der Waals surface area contributed by atoms with Crippen molar-refractivity contribution in [3.05, 3.63) is 36.0 Å². The standard InChI is InChI=1S/C12H12F3N5O3S/c1-24(22,23)18-10-6-20(19-17-10)7-11(21)16-9-4-2-3-8(5-9)12(13,14)15/h2-6,18H,7H2,1H3,(H,16,21). The maximum atomic E-state index is 12.6. The van der Waals surface area contributed by atoms with Crippen molar-refractivity contribution in [1.29, 1.82) is 0 Å². The molecule has 0 radical (unpaired) electrons. The summed E-state index contributed by atoms with van der Waals surface area (Å²) in [5.74, 6) is -0.727. The van der Waals surface area contributed by atoms with E-state index in [1.165, 1.54) is 18.3 Å². The SMILES string of the molecule is CS(=O)(=O)Nc1cn(CC(=O)Nc2cccc(C(F)(F)F)c2)nn1. The molecule has 0 saturated carbocycles. The van der Waals surface area contributed by atoms with Crippen LogP contribution in [-0.4, -0.2) is 35.6 Å². The van der Waals surface area contributed by atoms with Gasteiger partial charge in [-0.3, -0.25) is 9.52 Å². The van der Waals surface area contributed by atoms with Gasteiger partial charge in [-0.15, -0.1) is 5.10 Å². The molecular formula is C12H12F3N5O3S. The van der Waals surface area contributed by atoms with E-state index in [0.29, 0.717) is 0 Å². The molecule has 0 fully saturated rings. The fourth-order valence-corrected chi connectivity index (χ4v) is 2.21. The van der Waals surface area contributed by atoms with Gasteiger partial charge in [0.1, 0.15) is 6.54 Å². The minimum absolute atomic E-state index is 0.0237. The quantitative estimate of drug-likeness (QED) is 0.833. The second-order valence-corrected chi connectivity index (χ2v) is 6.55. The summed E-state index contributed by atoms with van der Waals surface area (Å²) >= 11 is 0. The number of anilines is 2. The number of amides is 1. The van der Waals surface area contributed by atoms with Crippen LogP contribution < -0.4 is 10.0 Å². The van der Waals surface area contributed by atoms with E-state index in [9.17, 15) is 26.4 Å². The van der Waals surface area contributed by atoms with Crippen molar-refractivity contribution in [3.8, 4) is 0 Å². The van der Waals surface area contributed by atoms with E-state index >= 15 is 0 Å². The van der Waals surface area contributed by atoms with Crippen LogP contribution in [0.4, 0.5) is 24.7 Å². The zero-order valence-electron chi connectivity index (χ0n) is 12.2. The zero-order valence-corrected chi connectivity index (χ0v) is 13.0. The molecule has 0 spiro atoms. The minimum atomic E-state index is -4.52. The van der Waals surface area contributed by atoms with E-state index in [-0.39, 0.29) is 18.1 Å². The maximum Gasteiger partial charge on any atom is 0.416 e. The summed E-state index contributed by atoms with van der Waals surface area (Å²) in [4.78, 5) is 11.8. The Morgan fingerprint density at radius 1 is 1.33 bits per heavy atom. The number of hydrogen-bond donors (Lipinski definition) is 2. The number of hydrogen-bond acceptors (Lipinski definition) is 5. The van der Waals surface area contributed by atoms with Gasteiger partial charge >= 0.3 is 6.18 Å². The molecule has 2 aromatic rings. The molecule has 2 rings (SSSR count). The number of aromatic nitrogens is 3. The molecule has 1 aromatic carbocycles. The maximum absolute atomic E-state index is 12.6. The van der Waals surface area contributed by atoms with Gasteiger partial charge < -0.3 is 5.32 Å². The Bertz CT molecular complexity index is 848.